The highest BCUT2D eigenvalue weighted by Gasteiger charge is 1.95. The summed E-state index contributed by atoms with van der Waals surface area (Å²) in [6, 6.07) is 0. The Kier molecular flexibility index (Phi) is 1.01. The van der Waals surface area contributed by atoms with E-state index in [4.69, 9.17) is 12.2 Å². The number of hydrogen-bond acceptors (Lipinski definition) is 4. The third kappa shape index (κ3) is 0.623. The van der Waals surface area contributed by atoms with E-state index in [0.717, 1.165) is 5.39 Å². The SMILES string of the molecule is S=c1nn[nH]c2[nH]ncc12. The molecule has 10 heavy (non-hydrogen) atoms. The molecule has 0 saturated heterocycles. The quantitative estimate of drug-likeness (QED) is 0.538. The lowest BCUT2D eigenvalue weighted by Gasteiger charge is -1.82. The van der Waals surface area contributed by atoms with Crippen molar-refractivity contribution in [3.63, 3.8) is 0 Å². The van der Waals surface area contributed by atoms with Crippen molar-refractivity contribution in [1.29, 1.82) is 0 Å². The monoisotopic (exact) mass is 153 g/mol. The highest BCUT2D eigenvalue weighted by molar-refractivity contribution is 7.71. The molecule has 0 saturated carbocycles. The highest BCUT2D eigenvalue weighted by atomic mass is 32.1. The van der Waals surface area contributed by atoms with Crippen LogP contribution in [0.3, 0.4) is 0 Å². The molecule has 50 valence electrons. The molecule has 2 aromatic rings. The van der Waals surface area contributed by atoms with Crippen molar-refractivity contribution in [2.45, 2.75) is 0 Å². The Labute approximate surface area is 60.5 Å². The fraction of sp³-hybridized carbons (Fsp3) is 0. The summed E-state index contributed by atoms with van der Waals surface area (Å²) in [5, 5.41) is 17.0. The van der Waals surface area contributed by atoms with Crippen molar-refractivity contribution < 1.29 is 0 Å². The van der Waals surface area contributed by atoms with Crippen LogP contribution in [0.25, 0.3) is 11.0 Å². The molecule has 0 aliphatic heterocycles. The van der Waals surface area contributed by atoms with Crippen LogP contribution in [-0.4, -0.2) is 25.6 Å². The third-order valence-electron chi connectivity index (χ3n) is 1.17. The first kappa shape index (κ1) is 5.48. The highest BCUT2D eigenvalue weighted by Crippen LogP contribution is 2.03. The molecule has 0 unspecified atom stereocenters. The average molecular weight is 153 g/mol. The van der Waals surface area contributed by atoms with Crippen molar-refractivity contribution in [2.24, 2.45) is 0 Å². The Morgan fingerprint density at radius 1 is 1.40 bits per heavy atom. The van der Waals surface area contributed by atoms with E-state index in [-0.39, 0.29) is 0 Å². The predicted molar refractivity (Wildman–Crippen MR) is 36.9 cm³/mol. The van der Waals surface area contributed by atoms with Gasteiger partial charge in [-0.3, -0.25) is 5.10 Å². The van der Waals surface area contributed by atoms with E-state index < -0.39 is 0 Å². The van der Waals surface area contributed by atoms with Gasteiger partial charge in [-0.1, -0.05) is 17.4 Å². The zero-order valence-electron chi connectivity index (χ0n) is 4.83. The molecule has 0 radical (unpaired) electrons. The lowest BCUT2D eigenvalue weighted by atomic mass is 10.5. The predicted octanol–water partition coefficient (Wildman–Crippen LogP) is 0.410. The van der Waals surface area contributed by atoms with Crippen LogP contribution in [0.4, 0.5) is 0 Å². The first-order chi connectivity index (χ1) is 4.88. The minimum Gasteiger partial charge on any atom is -0.261 e. The van der Waals surface area contributed by atoms with Gasteiger partial charge in [-0.05, 0) is 0 Å². The van der Waals surface area contributed by atoms with Gasteiger partial charge in [0.05, 0.1) is 11.6 Å². The van der Waals surface area contributed by atoms with Crippen LogP contribution in [0.15, 0.2) is 6.20 Å². The molecule has 0 aliphatic rings. The minimum atomic E-state index is 0.461. The molecule has 2 rings (SSSR count). The molecule has 5 nitrogen and oxygen atoms in total. The number of H-pyrrole nitrogens is 2. The first-order valence-electron chi connectivity index (χ1n) is 2.62. The standard InChI is InChI=1S/C4H3N5S/c10-4-2-1-5-6-3(2)7-9-8-4/h1H,(H2,5,6,7,8,10). The molecule has 0 atom stereocenters. The van der Waals surface area contributed by atoms with Crippen molar-refractivity contribution >= 4 is 23.3 Å². The Morgan fingerprint density at radius 3 is 3.10 bits per heavy atom. The number of aromatic nitrogens is 5. The van der Waals surface area contributed by atoms with Crippen LogP contribution in [0.5, 0.6) is 0 Å². The van der Waals surface area contributed by atoms with E-state index in [1.807, 2.05) is 0 Å². The van der Waals surface area contributed by atoms with E-state index in [1.165, 1.54) is 0 Å². The van der Waals surface area contributed by atoms with Gasteiger partial charge in [-0.15, -0.1) is 5.10 Å². The van der Waals surface area contributed by atoms with Crippen molar-refractivity contribution in [3.05, 3.63) is 10.8 Å². The fourth-order valence-corrected chi connectivity index (χ4v) is 0.903. The Hall–Kier alpha value is -1.30. The van der Waals surface area contributed by atoms with E-state index >= 15 is 0 Å². The molecule has 6 heteroatoms. The maximum absolute atomic E-state index is 4.85. The summed E-state index contributed by atoms with van der Waals surface area (Å²) in [5.41, 5.74) is 0.708. The molecule has 0 spiro atoms. The van der Waals surface area contributed by atoms with Gasteiger partial charge in [0.2, 0.25) is 0 Å². The van der Waals surface area contributed by atoms with Crippen LogP contribution in [0.2, 0.25) is 0 Å². The van der Waals surface area contributed by atoms with Crippen molar-refractivity contribution in [1.82, 2.24) is 25.6 Å². The van der Waals surface area contributed by atoms with E-state index in [9.17, 15) is 0 Å². The molecule has 0 fully saturated rings. The normalized spacial score (nSPS) is 10.4. The van der Waals surface area contributed by atoms with Crippen molar-refractivity contribution in [3.8, 4) is 0 Å². The largest absolute Gasteiger partial charge is 0.261 e. The van der Waals surface area contributed by atoms with Crippen LogP contribution in [0.1, 0.15) is 0 Å². The first-order valence-corrected chi connectivity index (χ1v) is 3.03. The molecule has 0 aliphatic carbocycles. The number of nitrogens with zero attached hydrogens (tertiary/aromatic N) is 3. The molecule has 2 aromatic heterocycles. The lowest BCUT2D eigenvalue weighted by Crippen LogP contribution is -1.86. The maximum Gasteiger partial charge on any atom is 0.163 e. The van der Waals surface area contributed by atoms with E-state index in [1.54, 1.807) is 6.20 Å². The number of hydrogen-bond donors (Lipinski definition) is 2. The van der Waals surface area contributed by atoms with Gasteiger partial charge in [0.1, 0.15) is 0 Å². The lowest BCUT2D eigenvalue weighted by molar-refractivity contribution is 0.876. The zero-order chi connectivity index (χ0) is 6.97. The average Bonchev–Trinajstić information content (AvgIpc) is 2.36. The summed E-state index contributed by atoms with van der Waals surface area (Å²) >= 11 is 4.85. The fourth-order valence-electron chi connectivity index (χ4n) is 0.708. The molecular weight excluding hydrogens is 150 g/mol. The van der Waals surface area contributed by atoms with Crippen LogP contribution >= 0.6 is 12.2 Å². The second kappa shape index (κ2) is 1.84. The molecule has 2 heterocycles. The summed E-state index contributed by atoms with van der Waals surface area (Å²) in [6.45, 7) is 0. The minimum absolute atomic E-state index is 0.461. The summed E-state index contributed by atoms with van der Waals surface area (Å²) in [5.74, 6) is 0. The second-order valence-electron chi connectivity index (χ2n) is 1.78. The topological polar surface area (TPSA) is 70.2 Å². The summed E-state index contributed by atoms with van der Waals surface area (Å²) < 4.78 is 0.461. The molecule has 0 bridgehead atoms. The maximum atomic E-state index is 4.85. The van der Waals surface area contributed by atoms with Gasteiger partial charge < -0.3 is 0 Å². The van der Waals surface area contributed by atoms with Gasteiger partial charge in [-0.25, -0.2) is 5.10 Å². The van der Waals surface area contributed by atoms with Gasteiger partial charge >= 0.3 is 0 Å². The molecule has 2 N–H and O–H groups in total. The summed E-state index contributed by atoms with van der Waals surface area (Å²) in [7, 11) is 0. The van der Waals surface area contributed by atoms with Gasteiger partial charge in [-0.2, -0.15) is 5.10 Å². The number of fused-ring (bicyclic) bond motifs is 1. The van der Waals surface area contributed by atoms with Crippen LogP contribution in [0, 0.1) is 4.64 Å². The van der Waals surface area contributed by atoms with Crippen molar-refractivity contribution in [2.75, 3.05) is 0 Å². The second-order valence-corrected chi connectivity index (χ2v) is 2.16. The number of rotatable bonds is 0. The number of aromatic amines is 2. The summed E-state index contributed by atoms with van der Waals surface area (Å²) in [6.07, 6.45) is 1.61. The van der Waals surface area contributed by atoms with E-state index in [0.29, 0.717) is 10.3 Å². The van der Waals surface area contributed by atoms with Gasteiger partial charge in [0.25, 0.3) is 0 Å². The van der Waals surface area contributed by atoms with Gasteiger partial charge in [0.15, 0.2) is 10.3 Å². The molecule has 0 amide bonds. The van der Waals surface area contributed by atoms with Crippen LogP contribution < -0.4 is 0 Å². The Balaban J connectivity index is 3.09. The third-order valence-corrected chi connectivity index (χ3v) is 1.47. The smallest absolute Gasteiger partial charge is 0.163 e. The Bertz CT molecular complexity index is 401. The molecule has 0 aromatic carbocycles. The zero-order valence-corrected chi connectivity index (χ0v) is 5.64. The summed E-state index contributed by atoms with van der Waals surface area (Å²) in [4.78, 5) is 0. The number of nitrogens with one attached hydrogen (secondary N) is 2. The van der Waals surface area contributed by atoms with Crippen LogP contribution in [-0.2, 0) is 0 Å². The molecular formula is C4H3N5S. The van der Waals surface area contributed by atoms with E-state index in [2.05, 4.69) is 25.6 Å². The van der Waals surface area contributed by atoms with Gasteiger partial charge in [0, 0.05) is 0 Å². The Morgan fingerprint density at radius 2 is 2.30 bits per heavy atom.